The van der Waals surface area contributed by atoms with Gasteiger partial charge < -0.3 is 0 Å². The van der Waals surface area contributed by atoms with Crippen LogP contribution in [0.15, 0.2) is 11.6 Å². The van der Waals surface area contributed by atoms with Crippen molar-refractivity contribution in [2.45, 2.75) is 25.9 Å². The molecule has 0 bridgehead atoms. The predicted octanol–water partition coefficient (Wildman–Crippen LogP) is 2.91. The monoisotopic (exact) mass is 150 g/mol. The zero-order valence-electron chi connectivity index (χ0n) is 5.70. The summed E-state index contributed by atoms with van der Waals surface area (Å²) >= 11 is 0. The fraction of sp³-hybridized carbons (Fsp3) is 0.714. The highest BCUT2D eigenvalue weighted by Gasteiger charge is 2.41. The molecule has 0 aromatic rings. The summed E-state index contributed by atoms with van der Waals surface area (Å²) in [5.74, 6) is -0.222. The van der Waals surface area contributed by atoms with Crippen molar-refractivity contribution in [2.75, 3.05) is 0 Å². The van der Waals surface area contributed by atoms with Gasteiger partial charge in [0.05, 0.1) is 0 Å². The molecule has 1 rings (SSSR count). The van der Waals surface area contributed by atoms with E-state index in [1.54, 1.807) is 6.92 Å². The molecule has 1 aliphatic carbocycles. The molecule has 0 spiro atoms. The Bertz CT molecular complexity index is 155. The molecule has 0 aromatic carbocycles. The van der Waals surface area contributed by atoms with Gasteiger partial charge in [-0.25, -0.2) is 0 Å². The molecular weight excluding hydrogens is 141 g/mol. The van der Waals surface area contributed by atoms with E-state index >= 15 is 0 Å². The van der Waals surface area contributed by atoms with Crippen LogP contribution in [0.25, 0.3) is 0 Å². The minimum Gasteiger partial charge on any atom is -0.166 e. The molecule has 0 saturated carbocycles. The minimum absolute atomic E-state index is 0.222. The van der Waals surface area contributed by atoms with Crippen LogP contribution in [0.2, 0.25) is 0 Å². The first kappa shape index (κ1) is 7.63. The Kier molecular flexibility index (Phi) is 1.75. The SMILES string of the molecule is CC[C@@H]1CC=C1C(F)(F)F. The summed E-state index contributed by atoms with van der Waals surface area (Å²) in [5, 5.41) is 0. The molecule has 0 nitrogen and oxygen atoms in total. The molecule has 10 heavy (non-hydrogen) atoms. The van der Waals surface area contributed by atoms with E-state index in [-0.39, 0.29) is 11.5 Å². The molecule has 1 atom stereocenters. The Balaban J connectivity index is 2.60. The largest absolute Gasteiger partial charge is 0.412 e. The topological polar surface area (TPSA) is 0 Å². The summed E-state index contributed by atoms with van der Waals surface area (Å²) in [4.78, 5) is 0. The van der Waals surface area contributed by atoms with Gasteiger partial charge in [0.25, 0.3) is 0 Å². The van der Waals surface area contributed by atoms with Crippen LogP contribution in [0.1, 0.15) is 19.8 Å². The zero-order chi connectivity index (χ0) is 7.78. The molecule has 1 aliphatic rings. The van der Waals surface area contributed by atoms with Crippen LogP contribution >= 0.6 is 0 Å². The van der Waals surface area contributed by atoms with E-state index in [1.807, 2.05) is 0 Å². The number of allylic oxidation sites excluding steroid dienone is 2. The molecule has 0 amide bonds. The number of alkyl halides is 3. The average molecular weight is 150 g/mol. The van der Waals surface area contributed by atoms with E-state index in [4.69, 9.17) is 0 Å². The minimum atomic E-state index is -4.07. The van der Waals surface area contributed by atoms with Crippen molar-refractivity contribution in [3.63, 3.8) is 0 Å². The van der Waals surface area contributed by atoms with Crippen LogP contribution in [0.4, 0.5) is 13.2 Å². The van der Waals surface area contributed by atoms with Gasteiger partial charge in [0.15, 0.2) is 0 Å². The Morgan fingerprint density at radius 1 is 1.60 bits per heavy atom. The van der Waals surface area contributed by atoms with E-state index in [9.17, 15) is 13.2 Å². The standard InChI is InChI=1S/C7H9F3/c1-2-5-3-4-6(5)7(8,9)10/h4-5H,2-3H2,1H3/t5-/m1/s1. The van der Waals surface area contributed by atoms with Gasteiger partial charge >= 0.3 is 6.18 Å². The van der Waals surface area contributed by atoms with Crippen molar-refractivity contribution in [1.29, 1.82) is 0 Å². The van der Waals surface area contributed by atoms with Crippen molar-refractivity contribution in [3.8, 4) is 0 Å². The lowest BCUT2D eigenvalue weighted by molar-refractivity contribution is -0.103. The highest BCUT2D eigenvalue weighted by atomic mass is 19.4. The van der Waals surface area contributed by atoms with Gasteiger partial charge in [0, 0.05) is 5.57 Å². The van der Waals surface area contributed by atoms with Gasteiger partial charge in [-0.15, -0.1) is 0 Å². The van der Waals surface area contributed by atoms with E-state index in [1.165, 1.54) is 6.08 Å². The lowest BCUT2D eigenvalue weighted by Crippen LogP contribution is -2.25. The number of hydrogen-bond acceptors (Lipinski definition) is 0. The van der Waals surface area contributed by atoms with Crippen molar-refractivity contribution in [3.05, 3.63) is 11.6 Å². The first-order chi connectivity index (χ1) is 4.55. The van der Waals surface area contributed by atoms with E-state index in [0.717, 1.165) is 0 Å². The molecule has 0 radical (unpaired) electrons. The first-order valence-corrected chi connectivity index (χ1v) is 3.33. The summed E-state index contributed by atoms with van der Waals surface area (Å²) in [5.41, 5.74) is -0.324. The first-order valence-electron chi connectivity index (χ1n) is 3.33. The molecule has 0 heterocycles. The third kappa shape index (κ3) is 1.18. The summed E-state index contributed by atoms with van der Waals surface area (Å²) in [6, 6.07) is 0. The van der Waals surface area contributed by atoms with E-state index in [2.05, 4.69) is 0 Å². The molecule has 0 aliphatic heterocycles. The Hall–Kier alpha value is -0.470. The van der Waals surface area contributed by atoms with Gasteiger partial charge in [0.1, 0.15) is 0 Å². The van der Waals surface area contributed by atoms with Crippen molar-refractivity contribution in [1.82, 2.24) is 0 Å². The molecule has 3 heteroatoms. The quantitative estimate of drug-likeness (QED) is 0.504. The normalized spacial score (nSPS) is 25.6. The highest BCUT2D eigenvalue weighted by molar-refractivity contribution is 5.22. The van der Waals surface area contributed by atoms with Crippen LogP contribution in [-0.2, 0) is 0 Å². The second-order valence-corrected chi connectivity index (χ2v) is 2.50. The molecular formula is C7H9F3. The molecule has 0 unspecified atom stereocenters. The summed E-state index contributed by atoms with van der Waals surface area (Å²) < 4.78 is 35.6. The maximum absolute atomic E-state index is 11.9. The zero-order valence-corrected chi connectivity index (χ0v) is 5.70. The lowest BCUT2D eigenvalue weighted by atomic mass is 9.82. The maximum atomic E-state index is 11.9. The highest BCUT2D eigenvalue weighted by Crippen LogP contribution is 2.41. The van der Waals surface area contributed by atoms with Gasteiger partial charge in [-0.2, -0.15) is 13.2 Å². The van der Waals surface area contributed by atoms with E-state index < -0.39 is 6.18 Å². The van der Waals surface area contributed by atoms with Crippen LogP contribution in [0.3, 0.4) is 0 Å². The summed E-state index contributed by atoms with van der Waals surface area (Å²) in [6.45, 7) is 1.78. The summed E-state index contributed by atoms with van der Waals surface area (Å²) in [7, 11) is 0. The number of rotatable bonds is 1. The van der Waals surface area contributed by atoms with Gasteiger partial charge in [-0.05, 0) is 18.8 Å². The predicted molar refractivity (Wildman–Crippen MR) is 32.5 cm³/mol. The lowest BCUT2D eigenvalue weighted by Gasteiger charge is -2.27. The second kappa shape index (κ2) is 2.29. The third-order valence-corrected chi connectivity index (χ3v) is 1.88. The molecule has 58 valence electrons. The molecule has 0 N–H and O–H groups in total. The molecule has 0 aromatic heterocycles. The number of halogens is 3. The van der Waals surface area contributed by atoms with Gasteiger partial charge in [-0.3, -0.25) is 0 Å². The van der Waals surface area contributed by atoms with Crippen molar-refractivity contribution in [2.24, 2.45) is 5.92 Å². The number of hydrogen-bond donors (Lipinski definition) is 0. The van der Waals surface area contributed by atoms with Crippen LogP contribution in [-0.4, -0.2) is 6.18 Å². The fourth-order valence-corrected chi connectivity index (χ4v) is 1.14. The maximum Gasteiger partial charge on any atom is 0.412 e. The fourth-order valence-electron chi connectivity index (χ4n) is 1.14. The molecule has 0 saturated heterocycles. The van der Waals surface area contributed by atoms with Gasteiger partial charge in [-0.1, -0.05) is 13.0 Å². The Labute approximate surface area is 57.7 Å². The summed E-state index contributed by atoms with van der Waals surface area (Å²) in [6.07, 6.45) is -1.59. The average Bonchev–Trinajstić information content (AvgIpc) is 1.57. The van der Waals surface area contributed by atoms with E-state index in [0.29, 0.717) is 12.8 Å². The van der Waals surface area contributed by atoms with Crippen LogP contribution < -0.4 is 0 Å². The van der Waals surface area contributed by atoms with Crippen molar-refractivity contribution >= 4 is 0 Å². The third-order valence-electron chi connectivity index (χ3n) is 1.88. The second-order valence-electron chi connectivity index (χ2n) is 2.50. The van der Waals surface area contributed by atoms with Crippen LogP contribution in [0, 0.1) is 5.92 Å². The van der Waals surface area contributed by atoms with Gasteiger partial charge in [0.2, 0.25) is 0 Å². The van der Waals surface area contributed by atoms with Crippen molar-refractivity contribution < 1.29 is 13.2 Å². The van der Waals surface area contributed by atoms with Crippen LogP contribution in [0.5, 0.6) is 0 Å². The smallest absolute Gasteiger partial charge is 0.166 e. The Morgan fingerprint density at radius 2 is 2.20 bits per heavy atom. The Morgan fingerprint density at radius 3 is 2.30 bits per heavy atom. The molecule has 0 fully saturated rings.